The molecule has 1 N–H and O–H groups in total. The smallest absolute Gasteiger partial charge is 0.308 e. The summed E-state index contributed by atoms with van der Waals surface area (Å²) >= 11 is 3.21. The highest BCUT2D eigenvalue weighted by molar-refractivity contribution is 9.10. The van der Waals surface area contributed by atoms with Crippen LogP contribution < -0.4 is 0 Å². The number of carbonyl (C=O) groups is 2. The van der Waals surface area contributed by atoms with Crippen molar-refractivity contribution in [1.82, 2.24) is 4.90 Å². The zero-order chi connectivity index (χ0) is 14.0. The van der Waals surface area contributed by atoms with Crippen LogP contribution in [-0.2, 0) is 4.79 Å². The van der Waals surface area contributed by atoms with Crippen molar-refractivity contribution in [3.05, 3.63) is 34.1 Å². The number of nitrogens with zero attached hydrogens (tertiary/aromatic N) is 1. The number of likely N-dealkylation sites (tertiary alicyclic amines) is 1. The number of hydrogen-bond donors (Lipinski definition) is 1. The first-order chi connectivity index (χ1) is 8.99. The Morgan fingerprint density at radius 3 is 2.84 bits per heavy atom. The van der Waals surface area contributed by atoms with Gasteiger partial charge >= 0.3 is 5.97 Å². The first kappa shape index (κ1) is 14.0. The van der Waals surface area contributed by atoms with E-state index in [-0.39, 0.29) is 18.0 Å². The lowest BCUT2D eigenvalue weighted by atomic mass is 9.97. The fourth-order valence-electron chi connectivity index (χ4n) is 2.19. The van der Waals surface area contributed by atoms with Gasteiger partial charge in [-0.05, 0) is 47.0 Å². The van der Waals surface area contributed by atoms with E-state index in [1.165, 1.54) is 17.0 Å². The number of carbonyl (C=O) groups excluding carboxylic acids is 1. The Morgan fingerprint density at radius 1 is 1.42 bits per heavy atom. The van der Waals surface area contributed by atoms with Crippen LogP contribution in [0.3, 0.4) is 0 Å². The molecule has 1 aliphatic rings. The highest BCUT2D eigenvalue weighted by atomic mass is 79.9. The maximum Gasteiger partial charge on any atom is 0.308 e. The monoisotopic (exact) mass is 329 g/mol. The zero-order valence-electron chi connectivity index (χ0n) is 10.1. The van der Waals surface area contributed by atoms with E-state index >= 15 is 0 Å². The molecule has 0 unspecified atom stereocenters. The molecule has 1 fully saturated rings. The maximum absolute atomic E-state index is 13.2. The van der Waals surface area contributed by atoms with Crippen molar-refractivity contribution in [1.29, 1.82) is 0 Å². The maximum atomic E-state index is 13.2. The van der Waals surface area contributed by atoms with Gasteiger partial charge in [0.25, 0.3) is 5.91 Å². The molecule has 1 amide bonds. The summed E-state index contributed by atoms with van der Waals surface area (Å²) in [4.78, 5) is 24.7. The van der Waals surface area contributed by atoms with Crippen molar-refractivity contribution in [3.63, 3.8) is 0 Å². The van der Waals surface area contributed by atoms with Crippen LogP contribution in [0.25, 0.3) is 0 Å². The minimum Gasteiger partial charge on any atom is -0.481 e. The van der Waals surface area contributed by atoms with Crippen LogP contribution in [0.15, 0.2) is 22.7 Å². The largest absolute Gasteiger partial charge is 0.481 e. The van der Waals surface area contributed by atoms with Crippen LogP contribution in [0.5, 0.6) is 0 Å². The van der Waals surface area contributed by atoms with Crippen molar-refractivity contribution in [3.8, 4) is 0 Å². The van der Waals surface area contributed by atoms with Gasteiger partial charge in [-0.2, -0.15) is 0 Å². The first-order valence-corrected chi connectivity index (χ1v) is 6.75. The average Bonchev–Trinajstić information content (AvgIpc) is 2.41. The lowest BCUT2D eigenvalue weighted by Crippen LogP contribution is -2.42. The molecule has 2 rings (SSSR count). The number of amides is 1. The molecule has 19 heavy (non-hydrogen) atoms. The van der Waals surface area contributed by atoms with E-state index in [2.05, 4.69) is 15.9 Å². The van der Waals surface area contributed by atoms with Gasteiger partial charge in [0.1, 0.15) is 5.82 Å². The normalized spacial score (nSPS) is 19.3. The van der Waals surface area contributed by atoms with Crippen molar-refractivity contribution in [2.75, 3.05) is 13.1 Å². The number of carboxylic acid groups (broad SMARTS) is 1. The third kappa shape index (κ3) is 3.12. The van der Waals surface area contributed by atoms with Gasteiger partial charge in [0.15, 0.2) is 0 Å². The van der Waals surface area contributed by atoms with E-state index in [1.807, 2.05) is 0 Å². The van der Waals surface area contributed by atoms with Gasteiger partial charge < -0.3 is 10.0 Å². The predicted octanol–water partition coefficient (Wildman–Crippen LogP) is 2.53. The minimum absolute atomic E-state index is 0.178. The van der Waals surface area contributed by atoms with Gasteiger partial charge in [-0.25, -0.2) is 4.39 Å². The van der Waals surface area contributed by atoms with E-state index in [1.54, 1.807) is 0 Å². The Labute approximate surface area is 118 Å². The predicted molar refractivity (Wildman–Crippen MR) is 70.4 cm³/mol. The van der Waals surface area contributed by atoms with Crippen LogP contribution >= 0.6 is 15.9 Å². The molecule has 0 bridgehead atoms. The van der Waals surface area contributed by atoms with Gasteiger partial charge in [0, 0.05) is 17.6 Å². The second-order valence-corrected chi connectivity index (χ2v) is 5.41. The molecule has 0 spiro atoms. The molecule has 1 aliphatic heterocycles. The average molecular weight is 330 g/mol. The highest BCUT2D eigenvalue weighted by Crippen LogP contribution is 2.23. The Bertz CT molecular complexity index is 521. The Balaban J connectivity index is 2.19. The van der Waals surface area contributed by atoms with Crippen molar-refractivity contribution in [2.24, 2.45) is 5.92 Å². The molecular formula is C13H13BrFNO3. The van der Waals surface area contributed by atoms with Gasteiger partial charge in [0.2, 0.25) is 0 Å². The second kappa shape index (κ2) is 5.69. The van der Waals surface area contributed by atoms with Gasteiger partial charge in [-0.15, -0.1) is 0 Å². The number of carboxylic acids is 1. The number of rotatable bonds is 2. The van der Waals surface area contributed by atoms with E-state index in [0.717, 1.165) is 6.07 Å². The number of piperidine rings is 1. The summed E-state index contributed by atoms with van der Waals surface area (Å²) in [6.07, 6.45) is 1.22. The topological polar surface area (TPSA) is 57.6 Å². The van der Waals surface area contributed by atoms with E-state index < -0.39 is 17.7 Å². The molecule has 0 radical (unpaired) electrons. The third-order valence-electron chi connectivity index (χ3n) is 3.22. The summed E-state index contributed by atoms with van der Waals surface area (Å²) in [7, 11) is 0. The van der Waals surface area contributed by atoms with Crippen LogP contribution in [-0.4, -0.2) is 35.0 Å². The van der Waals surface area contributed by atoms with Gasteiger partial charge in [-0.3, -0.25) is 9.59 Å². The summed E-state index contributed by atoms with van der Waals surface area (Å²) in [6, 6.07) is 3.90. The Kier molecular flexibility index (Phi) is 4.19. The fourth-order valence-corrected chi connectivity index (χ4v) is 2.61. The second-order valence-electron chi connectivity index (χ2n) is 4.55. The number of halogens is 2. The molecule has 102 valence electrons. The highest BCUT2D eigenvalue weighted by Gasteiger charge is 2.29. The molecule has 1 heterocycles. The molecule has 4 nitrogen and oxygen atoms in total. The Morgan fingerprint density at radius 2 is 2.16 bits per heavy atom. The minimum atomic E-state index is -0.893. The number of aliphatic carboxylic acids is 1. The summed E-state index contributed by atoms with van der Waals surface area (Å²) in [5.74, 6) is -2.25. The zero-order valence-corrected chi connectivity index (χ0v) is 11.7. The molecule has 1 aromatic carbocycles. The fraction of sp³-hybridized carbons (Fsp3) is 0.385. The summed E-state index contributed by atoms with van der Waals surface area (Å²) in [5.41, 5.74) is 0.228. The first-order valence-electron chi connectivity index (χ1n) is 5.96. The molecule has 0 aliphatic carbocycles. The van der Waals surface area contributed by atoms with Crippen LogP contribution in [0.1, 0.15) is 23.2 Å². The quantitative estimate of drug-likeness (QED) is 0.907. The third-order valence-corrected chi connectivity index (χ3v) is 3.91. The van der Waals surface area contributed by atoms with Crippen molar-refractivity contribution >= 4 is 27.8 Å². The van der Waals surface area contributed by atoms with Crippen molar-refractivity contribution in [2.45, 2.75) is 12.8 Å². The van der Waals surface area contributed by atoms with Crippen molar-refractivity contribution < 1.29 is 19.1 Å². The molecule has 0 saturated carbocycles. The number of benzene rings is 1. The van der Waals surface area contributed by atoms with Crippen LogP contribution in [0.4, 0.5) is 4.39 Å². The Hall–Kier alpha value is -1.43. The number of hydrogen-bond acceptors (Lipinski definition) is 2. The SMILES string of the molecule is O=C(O)[C@H]1CCCN(C(=O)c2cc(F)ccc2Br)C1. The molecule has 6 heteroatoms. The summed E-state index contributed by atoms with van der Waals surface area (Å²) < 4.78 is 13.7. The lowest BCUT2D eigenvalue weighted by Gasteiger charge is -2.31. The molecular weight excluding hydrogens is 317 g/mol. The van der Waals surface area contributed by atoms with Gasteiger partial charge in [-0.1, -0.05) is 0 Å². The molecule has 1 aromatic rings. The molecule has 1 atom stereocenters. The molecule has 0 aromatic heterocycles. The van der Waals surface area contributed by atoms with E-state index in [0.29, 0.717) is 23.9 Å². The van der Waals surface area contributed by atoms with E-state index in [4.69, 9.17) is 5.11 Å². The van der Waals surface area contributed by atoms with E-state index in [9.17, 15) is 14.0 Å². The standard InChI is InChI=1S/C13H13BrFNO3/c14-11-4-3-9(15)6-10(11)12(17)16-5-1-2-8(7-16)13(18)19/h3-4,6,8H,1-2,5,7H2,(H,18,19)/t8-/m0/s1. The summed E-state index contributed by atoms with van der Waals surface area (Å²) in [6.45, 7) is 0.683. The lowest BCUT2D eigenvalue weighted by molar-refractivity contribution is -0.143. The van der Waals surface area contributed by atoms with Crippen LogP contribution in [0, 0.1) is 11.7 Å². The van der Waals surface area contributed by atoms with Gasteiger partial charge in [0.05, 0.1) is 11.5 Å². The summed E-state index contributed by atoms with van der Waals surface area (Å²) in [5, 5.41) is 9.00. The van der Waals surface area contributed by atoms with Crippen LogP contribution in [0.2, 0.25) is 0 Å². The molecule has 1 saturated heterocycles.